The second kappa shape index (κ2) is 10.4. The molecule has 0 radical (unpaired) electrons. The number of aromatic nitrogens is 4. The minimum absolute atomic E-state index is 0.183. The van der Waals surface area contributed by atoms with E-state index in [0.29, 0.717) is 34.7 Å². The topological polar surface area (TPSA) is 98.9 Å². The average molecular weight is 561 g/mol. The van der Waals surface area contributed by atoms with Crippen molar-refractivity contribution < 1.29 is 13.9 Å². The van der Waals surface area contributed by atoms with E-state index in [0.717, 1.165) is 46.2 Å². The highest BCUT2D eigenvalue weighted by Crippen LogP contribution is 2.48. The molecule has 3 N–H and O–H groups in total. The summed E-state index contributed by atoms with van der Waals surface area (Å²) >= 11 is 0. The number of rotatable bonds is 8. The summed E-state index contributed by atoms with van der Waals surface area (Å²) in [5.41, 5.74) is 7.29. The predicted molar refractivity (Wildman–Crippen MR) is 161 cm³/mol. The first-order valence-electron chi connectivity index (χ1n) is 13.9. The molecule has 0 saturated carbocycles. The van der Waals surface area contributed by atoms with Crippen molar-refractivity contribution >= 4 is 28.0 Å². The standard InChI is InChI=1S/C33H29FN6O2/c1-40(2)15-6-16-42-28-18-27-26(17-25(28)34)37-32(38-27)24-10-5-9-23-29(24)19-7-3-4-8-20(19)30(23)39-33(41)22-12-14-36-31-21(22)11-13-35-31/h3-5,7-14,17-18,30H,6,15-16H2,1-2H3,(H,35,36)(H,37,38)(H,39,41). The van der Waals surface area contributed by atoms with Crippen molar-refractivity contribution in [1.29, 1.82) is 0 Å². The van der Waals surface area contributed by atoms with Gasteiger partial charge >= 0.3 is 0 Å². The van der Waals surface area contributed by atoms with Crippen LogP contribution in [0.25, 0.3) is 44.6 Å². The van der Waals surface area contributed by atoms with Gasteiger partial charge in [0.15, 0.2) is 11.6 Å². The van der Waals surface area contributed by atoms with Crippen LogP contribution >= 0.6 is 0 Å². The maximum absolute atomic E-state index is 14.9. The number of aromatic amines is 2. The second-order valence-corrected chi connectivity index (χ2v) is 10.8. The van der Waals surface area contributed by atoms with Gasteiger partial charge < -0.3 is 24.9 Å². The van der Waals surface area contributed by atoms with E-state index in [1.54, 1.807) is 24.5 Å². The first kappa shape index (κ1) is 25.9. The van der Waals surface area contributed by atoms with Gasteiger partial charge in [0.05, 0.1) is 29.2 Å². The fourth-order valence-electron chi connectivity index (χ4n) is 5.79. The molecule has 6 aromatic rings. The van der Waals surface area contributed by atoms with Crippen molar-refractivity contribution in [3.8, 4) is 28.3 Å². The number of nitrogens with one attached hydrogen (secondary N) is 3. The van der Waals surface area contributed by atoms with E-state index in [-0.39, 0.29) is 17.7 Å². The van der Waals surface area contributed by atoms with Crippen LogP contribution in [0.2, 0.25) is 0 Å². The van der Waals surface area contributed by atoms with E-state index in [2.05, 4.69) is 31.2 Å². The van der Waals surface area contributed by atoms with Gasteiger partial charge in [-0.15, -0.1) is 0 Å². The molecule has 3 aromatic carbocycles. The molecule has 0 aliphatic heterocycles. The molecule has 8 nitrogen and oxygen atoms in total. The number of fused-ring (bicyclic) bond motifs is 5. The molecule has 0 bridgehead atoms. The Hall–Kier alpha value is -5.02. The van der Waals surface area contributed by atoms with Gasteiger partial charge in [-0.25, -0.2) is 14.4 Å². The molecule has 3 heterocycles. The van der Waals surface area contributed by atoms with Crippen LogP contribution in [0.3, 0.4) is 0 Å². The lowest BCUT2D eigenvalue weighted by molar-refractivity contribution is 0.0945. The normalized spacial score (nSPS) is 14.0. The molecule has 42 heavy (non-hydrogen) atoms. The van der Waals surface area contributed by atoms with Crippen LogP contribution in [0, 0.1) is 5.82 Å². The summed E-state index contributed by atoms with van der Waals surface area (Å²) in [6.07, 6.45) is 4.20. The number of imidazole rings is 1. The van der Waals surface area contributed by atoms with E-state index in [1.807, 2.05) is 56.6 Å². The van der Waals surface area contributed by atoms with Crippen LogP contribution in [-0.2, 0) is 0 Å². The van der Waals surface area contributed by atoms with Gasteiger partial charge in [-0.2, -0.15) is 0 Å². The van der Waals surface area contributed by atoms with Crippen molar-refractivity contribution in [2.45, 2.75) is 12.5 Å². The van der Waals surface area contributed by atoms with E-state index >= 15 is 0 Å². The molecular formula is C33H29FN6O2. The lowest BCUT2D eigenvalue weighted by Crippen LogP contribution is -2.28. The zero-order valence-corrected chi connectivity index (χ0v) is 23.2. The minimum atomic E-state index is -0.429. The fourth-order valence-corrected chi connectivity index (χ4v) is 5.79. The summed E-state index contributed by atoms with van der Waals surface area (Å²) in [7, 11) is 3.99. The number of hydrogen-bond donors (Lipinski definition) is 3. The quantitative estimate of drug-likeness (QED) is 0.196. The van der Waals surface area contributed by atoms with Crippen LogP contribution in [-0.4, -0.2) is 58.0 Å². The van der Waals surface area contributed by atoms with Gasteiger partial charge in [0.25, 0.3) is 5.91 Å². The Morgan fingerprint density at radius 1 is 1.05 bits per heavy atom. The molecule has 0 saturated heterocycles. The van der Waals surface area contributed by atoms with Crippen molar-refractivity contribution in [1.82, 2.24) is 30.2 Å². The maximum atomic E-state index is 14.9. The monoisotopic (exact) mass is 560 g/mol. The highest BCUT2D eigenvalue weighted by molar-refractivity contribution is 6.06. The predicted octanol–water partition coefficient (Wildman–Crippen LogP) is 6.08. The summed E-state index contributed by atoms with van der Waals surface area (Å²) in [6, 6.07) is 20.4. The number of hydrogen-bond acceptors (Lipinski definition) is 5. The number of H-pyrrole nitrogens is 2. The molecule has 1 aliphatic carbocycles. The Balaban J connectivity index is 1.25. The lowest BCUT2D eigenvalue weighted by atomic mass is 9.98. The summed E-state index contributed by atoms with van der Waals surface area (Å²) in [5, 5.41) is 4.03. The number of carbonyl (C=O) groups is 1. The number of carbonyl (C=O) groups excluding carboxylic acids is 1. The van der Waals surface area contributed by atoms with Crippen molar-refractivity contribution in [2.75, 3.05) is 27.2 Å². The van der Waals surface area contributed by atoms with Crippen LogP contribution in [0.15, 0.2) is 79.1 Å². The molecule has 1 amide bonds. The molecule has 0 fully saturated rings. The van der Waals surface area contributed by atoms with Crippen LogP contribution in [0.4, 0.5) is 4.39 Å². The number of nitrogens with zero attached hydrogens (tertiary/aromatic N) is 3. The van der Waals surface area contributed by atoms with Crippen molar-refractivity contribution in [2.24, 2.45) is 0 Å². The number of ether oxygens (including phenoxy) is 1. The summed E-state index contributed by atoms with van der Waals surface area (Å²) in [4.78, 5) is 31.2. The van der Waals surface area contributed by atoms with E-state index < -0.39 is 5.82 Å². The highest BCUT2D eigenvalue weighted by atomic mass is 19.1. The van der Waals surface area contributed by atoms with Crippen LogP contribution in [0.5, 0.6) is 5.75 Å². The third-order valence-corrected chi connectivity index (χ3v) is 7.73. The van der Waals surface area contributed by atoms with E-state index in [4.69, 9.17) is 9.72 Å². The molecule has 210 valence electrons. The molecular weight excluding hydrogens is 531 g/mol. The van der Waals surface area contributed by atoms with Gasteiger partial charge in [0, 0.05) is 42.0 Å². The van der Waals surface area contributed by atoms with E-state index in [1.165, 1.54) is 6.07 Å². The Morgan fingerprint density at radius 2 is 1.88 bits per heavy atom. The SMILES string of the molecule is CN(C)CCCOc1cc2nc(-c3cccc4c3-c3ccccc3C4NC(=O)c3ccnc4[nH]ccc34)[nH]c2cc1F. The lowest BCUT2D eigenvalue weighted by Gasteiger charge is -2.16. The first-order chi connectivity index (χ1) is 20.5. The van der Waals surface area contributed by atoms with Crippen molar-refractivity contribution in [3.63, 3.8) is 0 Å². The second-order valence-electron chi connectivity index (χ2n) is 10.8. The van der Waals surface area contributed by atoms with Crippen LogP contribution in [0.1, 0.15) is 33.9 Å². The minimum Gasteiger partial charge on any atom is -0.490 e. The molecule has 1 atom stereocenters. The average Bonchev–Trinajstić information content (AvgIpc) is 3.71. The number of pyridine rings is 1. The first-order valence-corrected chi connectivity index (χ1v) is 13.9. The molecule has 9 heteroatoms. The molecule has 1 unspecified atom stereocenters. The third kappa shape index (κ3) is 4.48. The zero-order chi connectivity index (χ0) is 28.8. The molecule has 7 rings (SSSR count). The Kier molecular flexibility index (Phi) is 6.43. The van der Waals surface area contributed by atoms with Gasteiger partial charge in [-0.1, -0.05) is 42.5 Å². The van der Waals surface area contributed by atoms with Gasteiger partial charge in [-0.05, 0) is 54.9 Å². The van der Waals surface area contributed by atoms with Crippen LogP contribution < -0.4 is 10.1 Å². The maximum Gasteiger partial charge on any atom is 0.252 e. The largest absolute Gasteiger partial charge is 0.490 e. The Bertz CT molecular complexity index is 1960. The zero-order valence-electron chi connectivity index (χ0n) is 23.2. The molecule has 3 aromatic heterocycles. The smallest absolute Gasteiger partial charge is 0.252 e. The highest BCUT2D eigenvalue weighted by Gasteiger charge is 2.32. The Labute approximate surface area is 241 Å². The summed E-state index contributed by atoms with van der Waals surface area (Å²) < 4.78 is 20.6. The Morgan fingerprint density at radius 3 is 2.76 bits per heavy atom. The van der Waals surface area contributed by atoms with Crippen molar-refractivity contribution in [3.05, 3.63) is 102 Å². The summed E-state index contributed by atoms with van der Waals surface area (Å²) in [6.45, 7) is 1.28. The number of halogens is 1. The molecule has 0 spiro atoms. The third-order valence-electron chi connectivity index (χ3n) is 7.73. The van der Waals surface area contributed by atoms with E-state index in [9.17, 15) is 9.18 Å². The van der Waals surface area contributed by atoms with Gasteiger partial charge in [0.1, 0.15) is 11.5 Å². The molecule has 1 aliphatic rings. The number of benzene rings is 3. The fraction of sp³-hybridized carbons (Fsp3) is 0.182. The number of amides is 1. The summed E-state index contributed by atoms with van der Waals surface area (Å²) in [5.74, 6) is 0.202. The van der Waals surface area contributed by atoms with Gasteiger partial charge in [-0.3, -0.25) is 4.79 Å². The van der Waals surface area contributed by atoms with Gasteiger partial charge in [0.2, 0.25) is 0 Å².